The van der Waals surface area contributed by atoms with Crippen molar-refractivity contribution in [2.24, 2.45) is 0 Å². The van der Waals surface area contributed by atoms with E-state index in [-0.39, 0.29) is 23.5 Å². The number of hydrogen-bond acceptors (Lipinski definition) is 4. The molecule has 2 aromatic rings. The summed E-state index contributed by atoms with van der Waals surface area (Å²) >= 11 is 0. The van der Waals surface area contributed by atoms with Gasteiger partial charge in [0, 0.05) is 11.6 Å². The second-order valence-corrected chi connectivity index (χ2v) is 7.84. The van der Waals surface area contributed by atoms with Gasteiger partial charge in [-0.1, -0.05) is 29.8 Å². The summed E-state index contributed by atoms with van der Waals surface area (Å²) in [5.74, 6) is -0.180. The molecule has 0 spiro atoms. The van der Waals surface area contributed by atoms with E-state index in [1.807, 2.05) is 31.2 Å². The summed E-state index contributed by atoms with van der Waals surface area (Å²) < 4.78 is 22.8. The second-order valence-electron chi connectivity index (χ2n) is 5.61. The molecule has 1 atom stereocenters. The highest BCUT2D eigenvalue weighted by molar-refractivity contribution is 7.91. The number of aromatic nitrogens is 2. The number of aryl methyl sites for hydroxylation is 1. The van der Waals surface area contributed by atoms with E-state index >= 15 is 0 Å². The van der Waals surface area contributed by atoms with Crippen molar-refractivity contribution in [2.75, 3.05) is 11.5 Å². The van der Waals surface area contributed by atoms with Crippen LogP contribution in [-0.2, 0) is 9.84 Å². The van der Waals surface area contributed by atoms with Gasteiger partial charge in [-0.05, 0) is 19.4 Å². The van der Waals surface area contributed by atoms with Gasteiger partial charge in [0.15, 0.2) is 9.84 Å². The summed E-state index contributed by atoms with van der Waals surface area (Å²) in [6.45, 7) is 2.00. The molecule has 3 rings (SSSR count). The minimum atomic E-state index is -3.01. The molecule has 0 bridgehead atoms. The van der Waals surface area contributed by atoms with Crippen molar-refractivity contribution in [3.05, 3.63) is 41.6 Å². The summed E-state index contributed by atoms with van der Waals surface area (Å²) in [5.41, 5.74) is 3.09. The van der Waals surface area contributed by atoms with Crippen LogP contribution in [0, 0.1) is 6.92 Å². The minimum Gasteiger partial charge on any atom is -0.347 e. The Morgan fingerprint density at radius 2 is 2.05 bits per heavy atom. The zero-order valence-electron chi connectivity index (χ0n) is 12.2. The number of rotatable bonds is 3. The summed E-state index contributed by atoms with van der Waals surface area (Å²) in [5, 5.41) is 9.57. The molecule has 0 radical (unpaired) electrons. The van der Waals surface area contributed by atoms with Crippen LogP contribution < -0.4 is 5.32 Å². The lowest BCUT2D eigenvalue weighted by Gasteiger charge is -2.08. The monoisotopic (exact) mass is 319 g/mol. The molecule has 2 heterocycles. The van der Waals surface area contributed by atoms with Crippen LogP contribution in [0.15, 0.2) is 30.3 Å². The number of amides is 1. The summed E-state index contributed by atoms with van der Waals surface area (Å²) in [6.07, 6.45) is 0.465. The molecule has 7 heteroatoms. The first-order valence-electron chi connectivity index (χ1n) is 7.07. The molecule has 6 nitrogen and oxygen atoms in total. The van der Waals surface area contributed by atoms with Crippen LogP contribution in [0.25, 0.3) is 11.3 Å². The maximum Gasteiger partial charge on any atom is 0.269 e. The van der Waals surface area contributed by atoms with Gasteiger partial charge in [0.25, 0.3) is 5.91 Å². The fraction of sp³-hybridized carbons (Fsp3) is 0.333. The Morgan fingerprint density at radius 1 is 1.32 bits per heavy atom. The summed E-state index contributed by atoms with van der Waals surface area (Å²) in [7, 11) is -3.01. The predicted octanol–water partition coefficient (Wildman–Crippen LogP) is 1.30. The third-order valence-electron chi connectivity index (χ3n) is 3.74. The van der Waals surface area contributed by atoms with E-state index in [0.29, 0.717) is 17.8 Å². The first-order chi connectivity index (χ1) is 10.4. The van der Waals surface area contributed by atoms with Crippen molar-refractivity contribution < 1.29 is 13.2 Å². The molecule has 1 aromatic carbocycles. The molecular weight excluding hydrogens is 302 g/mol. The number of H-pyrrole nitrogens is 1. The van der Waals surface area contributed by atoms with Crippen LogP contribution >= 0.6 is 0 Å². The number of aromatic amines is 1. The van der Waals surface area contributed by atoms with E-state index in [2.05, 4.69) is 15.5 Å². The van der Waals surface area contributed by atoms with Crippen LogP contribution in [0.4, 0.5) is 0 Å². The topological polar surface area (TPSA) is 91.9 Å². The highest BCUT2D eigenvalue weighted by Gasteiger charge is 2.29. The number of carbonyl (C=O) groups excluding carboxylic acids is 1. The molecule has 2 N–H and O–H groups in total. The molecule has 1 aliphatic rings. The third kappa shape index (κ3) is 3.19. The lowest BCUT2D eigenvalue weighted by molar-refractivity contribution is 0.0936. The van der Waals surface area contributed by atoms with E-state index in [1.54, 1.807) is 6.07 Å². The van der Waals surface area contributed by atoms with Crippen molar-refractivity contribution in [3.63, 3.8) is 0 Å². The van der Waals surface area contributed by atoms with Crippen LogP contribution in [0.3, 0.4) is 0 Å². The van der Waals surface area contributed by atoms with E-state index in [9.17, 15) is 13.2 Å². The lowest BCUT2D eigenvalue weighted by atomic mass is 10.1. The summed E-state index contributed by atoms with van der Waals surface area (Å²) in [4.78, 5) is 12.1. The third-order valence-corrected chi connectivity index (χ3v) is 5.51. The van der Waals surface area contributed by atoms with Gasteiger partial charge in [0.2, 0.25) is 0 Å². The molecule has 1 unspecified atom stereocenters. The Morgan fingerprint density at radius 3 is 2.68 bits per heavy atom. The molecule has 1 amide bonds. The number of benzene rings is 1. The van der Waals surface area contributed by atoms with Crippen LogP contribution in [0.1, 0.15) is 22.5 Å². The molecule has 0 saturated carbocycles. The van der Waals surface area contributed by atoms with Crippen LogP contribution in [0.5, 0.6) is 0 Å². The Balaban J connectivity index is 1.71. The number of hydrogen-bond donors (Lipinski definition) is 2. The highest BCUT2D eigenvalue weighted by Crippen LogP contribution is 2.18. The number of nitrogens with zero attached hydrogens (tertiary/aromatic N) is 1. The van der Waals surface area contributed by atoms with Crippen molar-refractivity contribution in [3.8, 4) is 11.3 Å². The van der Waals surface area contributed by atoms with Gasteiger partial charge < -0.3 is 5.32 Å². The fourth-order valence-electron chi connectivity index (χ4n) is 2.48. The first-order valence-corrected chi connectivity index (χ1v) is 8.89. The van der Waals surface area contributed by atoms with Gasteiger partial charge in [0.1, 0.15) is 5.69 Å². The zero-order chi connectivity index (χ0) is 15.7. The van der Waals surface area contributed by atoms with E-state index in [4.69, 9.17) is 0 Å². The van der Waals surface area contributed by atoms with Gasteiger partial charge >= 0.3 is 0 Å². The van der Waals surface area contributed by atoms with Gasteiger partial charge in [-0.15, -0.1) is 0 Å². The van der Waals surface area contributed by atoms with E-state index < -0.39 is 9.84 Å². The second kappa shape index (κ2) is 5.57. The van der Waals surface area contributed by atoms with Gasteiger partial charge in [-0.3, -0.25) is 9.89 Å². The standard InChI is InChI=1S/C15H17N3O3S/c1-10-2-4-11(5-3-10)13-8-14(18-17-13)15(19)16-12-6-7-22(20,21)9-12/h2-5,8,12H,6-7,9H2,1H3,(H,16,19)(H,17,18). The zero-order valence-corrected chi connectivity index (χ0v) is 13.0. The first kappa shape index (κ1) is 14.8. The van der Waals surface area contributed by atoms with Gasteiger partial charge in [0.05, 0.1) is 17.2 Å². The number of sulfone groups is 1. The molecule has 1 aliphatic heterocycles. The van der Waals surface area contributed by atoms with Crippen molar-refractivity contribution in [1.29, 1.82) is 0 Å². The lowest BCUT2D eigenvalue weighted by Crippen LogP contribution is -2.35. The summed E-state index contributed by atoms with van der Waals surface area (Å²) in [6, 6.07) is 9.20. The molecule has 1 fully saturated rings. The Hall–Kier alpha value is -2.15. The van der Waals surface area contributed by atoms with Gasteiger partial charge in [-0.25, -0.2) is 8.42 Å². The predicted molar refractivity (Wildman–Crippen MR) is 83.3 cm³/mol. The number of carbonyl (C=O) groups is 1. The largest absolute Gasteiger partial charge is 0.347 e. The quantitative estimate of drug-likeness (QED) is 0.892. The molecule has 116 valence electrons. The molecular formula is C15H17N3O3S. The minimum absolute atomic E-state index is 0.0116. The van der Waals surface area contributed by atoms with Crippen LogP contribution in [-0.4, -0.2) is 42.1 Å². The number of nitrogens with one attached hydrogen (secondary N) is 2. The Labute approximate surface area is 128 Å². The average molecular weight is 319 g/mol. The average Bonchev–Trinajstić information content (AvgIpc) is 3.06. The van der Waals surface area contributed by atoms with Crippen LogP contribution in [0.2, 0.25) is 0 Å². The molecule has 1 saturated heterocycles. The highest BCUT2D eigenvalue weighted by atomic mass is 32.2. The van der Waals surface area contributed by atoms with Crippen molar-refractivity contribution in [1.82, 2.24) is 15.5 Å². The normalized spacial score (nSPS) is 20.0. The molecule has 1 aromatic heterocycles. The maximum atomic E-state index is 12.1. The smallest absolute Gasteiger partial charge is 0.269 e. The van der Waals surface area contributed by atoms with E-state index in [0.717, 1.165) is 11.1 Å². The molecule has 0 aliphatic carbocycles. The maximum absolute atomic E-state index is 12.1. The van der Waals surface area contributed by atoms with Gasteiger partial charge in [-0.2, -0.15) is 5.10 Å². The Kier molecular flexibility index (Phi) is 3.74. The SMILES string of the molecule is Cc1ccc(-c2cc(C(=O)NC3CCS(=O)(=O)C3)[nH]n2)cc1. The van der Waals surface area contributed by atoms with E-state index in [1.165, 1.54) is 0 Å². The van der Waals surface area contributed by atoms with Crippen molar-refractivity contribution >= 4 is 15.7 Å². The van der Waals surface area contributed by atoms with Crippen molar-refractivity contribution in [2.45, 2.75) is 19.4 Å². The fourth-order valence-corrected chi connectivity index (χ4v) is 4.16. The Bertz CT molecular complexity index is 794. The molecule has 22 heavy (non-hydrogen) atoms.